The summed E-state index contributed by atoms with van der Waals surface area (Å²) < 4.78 is 7.42. The summed E-state index contributed by atoms with van der Waals surface area (Å²) in [7, 11) is 1.68. The zero-order valence-electron chi connectivity index (χ0n) is 11.2. The normalized spacial score (nSPS) is 10.6. The Balaban J connectivity index is 2.41. The highest BCUT2D eigenvalue weighted by Crippen LogP contribution is 2.24. The van der Waals surface area contributed by atoms with Crippen molar-refractivity contribution in [3.05, 3.63) is 35.9 Å². The summed E-state index contributed by atoms with van der Waals surface area (Å²) in [6.45, 7) is 4.24. The van der Waals surface area contributed by atoms with Gasteiger partial charge in [0.05, 0.1) is 12.8 Å². The lowest BCUT2D eigenvalue weighted by Crippen LogP contribution is -2.03. The van der Waals surface area contributed by atoms with Crippen molar-refractivity contribution in [3.8, 4) is 11.4 Å². The molecule has 0 N–H and O–H groups in total. The maximum absolute atomic E-state index is 5.41. The average molecular weight is 245 g/mol. The van der Waals surface area contributed by atoms with Crippen molar-refractivity contribution in [3.63, 3.8) is 0 Å². The van der Waals surface area contributed by atoms with Gasteiger partial charge in [-0.15, -0.1) is 10.2 Å². The van der Waals surface area contributed by atoms with Crippen LogP contribution in [-0.4, -0.2) is 21.9 Å². The lowest BCUT2D eigenvalue weighted by molar-refractivity contribution is 0.412. The van der Waals surface area contributed by atoms with E-state index in [9.17, 15) is 0 Å². The van der Waals surface area contributed by atoms with Crippen molar-refractivity contribution >= 4 is 0 Å². The molecule has 1 aromatic carbocycles. The lowest BCUT2D eigenvalue weighted by Gasteiger charge is -2.12. The maximum atomic E-state index is 5.41. The molecule has 0 bridgehead atoms. The molecule has 0 unspecified atom stereocenters. The summed E-state index contributed by atoms with van der Waals surface area (Å²) in [4.78, 5) is 0. The summed E-state index contributed by atoms with van der Waals surface area (Å²) >= 11 is 0. The van der Waals surface area contributed by atoms with Crippen LogP contribution in [0.1, 0.15) is 31.2 Å². The zero-order valence-corrected chi connectivity index (χ0v) is 11.2. The van der Waals surface area contributed by atoms with Crippen LogP contribution >= 0.6 is 0 Å². The first-order valence-electron chi connectivity index (χ1n) is 6.30. The summed E-state index contributed by atoms with van der Waals surface area (Å²) in [6.07, 6.45) is 4.96. The maximum Gasteiger partial charge on any atom is 0.142 e. The largest absolute Gasteiger partial charge is 0.495 e. The van der Waals surface area contributed by atoms with Crippen molar-refractivity contribution in [1.29, 1.82) is 0 Å². The average Bonchev–Trinajstić information content (AvgIpc) is 2.84. The number of aromatic nitrogens is 3. The second-order valence-corrected chi connectivity index (χ2v) is 4.40. The number of ether oxygens (including phenoxy) is 1. The summed E-state index contributed by atoms with van der Waals surface area (Å²) in [5, 5.41) is 8.21. The van der Waals surface area contributed by atoms with Crippen LogP contribution in [0.15, 0.2) is 24.5 Å². The molecule has 0 radical (unpaired) electrons. The second kappa shape index (κ2) is 5.67. The Morgan fingerprint density at radius 2 is 2.17 bits per heavy atom. The molecule has 0 amide bonds. The predicted octanol–water partition coefficient (Wildman–Crippen LogP) is 2.93. The fourth-order valence-corrected chi connectivity index (χ4v) is 1.95. The van der Waals surface area contributed by atoms with Crippen LogP contribution in [0.4, 0.5) is 0 Å². The SMILES string of the molecule is CCCCc1nncn1-c1cc(C)ccc1OC. The van der Waals surface area contributed by atoms with Crippen molar-refractivity contribution in [2.45, 2.75) is 33.1 Å². The number of nitrogens with zero attached hydrogens (tertiary/aromatic N) is 3. The Labute approximate surface area is 108 Å². The molecule has 0 aliphatic rings. The first-order chi connectivity index (χ1) is 8.76. The van der Waals surface area contributed by atoms with Gasteiger partial charge >= 0.3 is 0 Å². The molecule has 0 atom stereocenters. The monoisotopic (exact) mass is 245 g/mol. The molecule has 0 saturated heterocycles. The third kappa shape index (κ3) is 2.53. The van der Waals surface area contributed by atoms with Crippen molar-refractivity contribution in [2.75, 3.05) is 7.11 Å². The summed E-state index contributed by atoms with van der Waals surface area (Å²) in [5.74, 6) is 1.83. The smallest absolute Gasteiger partial charge is 0.142 e. The van der Waals surface area contributed by atoms with Gasteiger partial charge in [-0.3, -0.25) is 4.57 Å². The molecular formula is C14H19N3O. The Bertz CT molecular complexity index is 520. The quantitative estimate of drug-likeness (QED) is 0.813. The third-order valence-corrected chi connectivity index (χ3v) is 2.97. The van der Waals surface area contributed by atoms with Gasteiger partial charge in [-0.05, 0) is 31.0 Å². The van der Waals surface area contributed by atoms with Crippen LogP contribution in [-0.2, 0) is 6.42 Å². The Kier molecular flexibility index (Phi) is 3.97. The Morgan fingerprint density at radius 1 is 1.33 bits per heavy atom. The molecule has 0 aliphatic carbocycles. The highest BCUT2D eigenvalue weighted by molar-refractivity contribution is 5.49. The third-order valence-electron chi connectivity index (χ3n) is 2.97. The number of hydrogen-bond donors (Lipinski definition) is 0. The molecule has 1 heterocycles. The molecule has 4 heteroatoms. The number of unbranched alkanes of at least 4 members (excludes halogenated alkanes) is 1. The first kappa shape index (κ1) is 12.6. The number of rotatable bonds is 5. The Hall–Kier alpha value is -1.84. The van der Waals surface area contributed by atoms with Gasteiger partial charge in [0.25, 0.3) is 0 Å². The number of methoxy groups -OCH3 is 1. The first-order valence-corrected chi connectivity index (χ1v) is 6.30. The van der Waals surface area contributed by atoms with E-state index in [0.717, 1.165) is 36.5 Å². The molecule has 0 fully saturated rings. The second-order valence-electron chi connectivity index (χ2n) is 4.40. The van der Waals surface area contributed by atoms with E-state index in [1.165, 1.54) is 5.56 Å². The van der Waals surface area contributed by atoms with Crippen LogP contribution in [0.2, 0.25) is 0 Å². The molecule has 0 aliphatic heterocycles. The van der Waals surface area contributed by atoms with Crippen molar-refractivity contribution in [1.82, 2.24) is 14.8 Å². The molecule has 2 aromatic rings. The molecule has 96 valence electrons. The molecule has 18 heavy (non-hydrogen) atoms. The van der Waals surface area contributed by atoms with Gasteiger partial charge in [-0.25, -0.2) is 0 Å². The van der Waals surface area contributed by atoms with E-state index >= 15 is 0 Å². The van der Waals surface area contributed by atoms with E-state index < -0.39 is 0 Å². The van der Waals surface area contributed by atoms with Crippen LogP contribution in [0.5, 0.6) is 5.75 Å². The highest BCUT2D eigenvalue weighted by atomic mass is 16.5. The molecule has 2 rings (SSSR count). The van der Waals surface area contributed by atoms with Gasteiger partial charge in [0, 0.05) is 6.42 Å². The van der Waals surface area contributed by atoms with Gasteiger partial charge in [-0.2, -0.15) is 0 Å². The minimum absolute atomic E-state index is 0.846. The molecule has 4 nitrogen and oxygen atoms in total. The van der Waals surface area contributed by atoms with Gasteiger partial charge < -0.3 is 4.74 Å². The van der Waals surface area contributed by atoms with E-state index in [2.05, 4.69) is 30.1 Å². The molecule has 0 spiro atoms. The van der Waals surface area contributed by atoms with E-state index in [-0.39, 0.29) is 0 Å². The van der Waals surface area contributed by atoms with Gasteiger partial charge in [0.1, 0.15) is 17.9 Å². The number of hydrogen-bond acceptors (Lipinski definition) is 3. The van der Waals surface area contributed by atoms with Crippen LogP contribution in [0, 0.1) is 6.92 Å². The summed E-state index contributed by atoms with van der Waals surface area (Å²) in [5.41, 5.74) is 2.20. The topological polar surface area (TPSA) is 39.9 Å². The molecular weight excluding hydrogens is 226 g/mol. The number of benzene rings is 1. The minimum Gasteiger partial charge on any atom is -0.495 e. The summed E-state index contributed by atoms with van der Waals surface area (Å²) in [6, 6.07) is 6.12. The number of aryl methyl sites for hydroxylation is 2. The molecule has 1 aromatic heterocycles. The lowest BCUT2D eigenvalue weighted by atomic mass is 10.2. The predicted molar refractivity (Wildman–Crippen MR) is 71.3 cm³/mol. The van der Waals surface area contributed by atoms with E-state index in [0.29, 0.717) is 0 Å². The van der Waals surface area contributed by atoms with E-state index in [4.69, 9.17) is 4.74 Å². The highest BCUT2D eigenvalue weighted by Gasteiger charge is 2.10. The van der Waals surface area contributed by atoms with Gasteiger partial charge in [-0.1, -0.05) is 19.4 Å². The van der Waals surface area contributed by atoms with Crippen molar-refractivity contribution < 1.29 is 4.74 Å². The van der Waals surface area contributed by atoms with Crippen LogP contribution in [0.3, 0.4) is 0 Å². The van der Waals surface area contributed by atoms with E-state index in [1.54, 1.807) is 13.4 Å². The van der Waals surface area contributed by atoms with E-state index in [1.807, 2.05) is 16.7 Å². The van der Waals surface area contributed by atoms with Gasteiger partial charge in [0.15, 0.2) is 0 Å². The Morgan fingerprint density at radius 3 is 2.89 bits per heavy atom. The standard InChI is InChI=1S/C14H19N3O/c1-4-5-6-14-16-15-10-17(14)12-9-11(2)7-8-13(12)18-3/h7-10H,4-6H2,1-3H3. The zero-order chi connectivity index (χ0) is 13.0. The fourth-order valence-electron chi connectivity index (χ4n) is 1.95. The van der Waals surface area contributed by atoms with Crippen LogP contribution < -0.4 is 4.74 Å². The molecule has 0 saturated carbocycles. The van der Waals surface area contributed by atoms with Gasteiger partial charge in [0.2, 0.25) is 0 Å². The minimum atomic E-state index is 0.846. The van der Waals surface area contributed by atoms with Crippen LogP contribution in [0.25, 0.3) is 5.69 Å². The fraction of sp³-hybridized carbons (Fsp3) is 0.429. The van der Waals surface area contributed by atoms with Crippen molar-refractivity contribution in [2.24, 2.45) is 0 Å².